The fourth-order valence-electron chi connectivity index (χ4n) is 2.49. The first-order valence-electron chi connectivity index (χ1n) is 8.18. The minimum atomic E-state index is -3.66. The number of nitrogens with one attached hydrogen (secondary N) is 1. The van der Waals surface area contributed by atoms with E-state index in [4.69, 9.17) is 10.5 Å². The van der Waals surface area contributed by atoms with Gasteiger partial charge in [0.05, 0.1) is 16.0 Å². The van der Waals surface area contributed by atoms with Gasteiger partial charge in [-0.15, -0.1) is 0 Å². The van der Waals surface area contributed by atoms with Gasteiger partial charge in [-0.1, -0.05) is 25.1 Å². The third kappa shape index (κ3) is 4.21. The monoisotopic (exact) mass is 386 g/mol. The Balaban J connectivity index is 1.77. The smallest absolute Gasteiger partial charge is 0.338 e. The van der Waals surface area contributed by atoms with Gasteiger partial charge in [-0.2, -0.15) is 0 Å². The van der Waals surface area contributed by atoms with Crippen molar-refractivity contribution in [3.05, 3.63) is 59.9 Å². The van der Waals surface area contributed by atoms with Crippen molar-refractivity contribution in [2.45, 2.75) is 18.4 Å². The van der Waals surface area contributed by atoms with Crippen LogP contribution in [-0.4, -0.2) is 30.9 Å². The van der Waals surface area contributed by atoms with Crippen LogP contribution in [0.3, 0.4) is 0 Å². The number of carbonyl (C=O) groups is 1. The van der Waals surface area contributed by atoms with Gasteiger partial charge in [-0.25, -0.2) is 27.9 Å². The van der Waals surface area contributed by atoms with E-state index in [2.05, 4.69) is 14.7 Å². The molecule has 9 heteroatoms. The molecule has 0 unspecified atom stereocenters. The molecule has 0 spiro atoms. The second kappa shape index (κ2) is 7.68. The fourth-order valence-corrected chi connectivity index (χ4v) is 3.58. The summed E-state index contributed by atoms with van der Waals surface area (Å²) >= 11 is 0. The number of benzene rings is 2. The fraction of sp³-hybridized carbons (Fsp3) is 0.167. The zero-order valence-electron chi connectivity index (χ0n) is 14.5. The Morgan fingerprint density at radius 2 is 1.93 bits per heavy atom. The molecule has 0 atom stereocenters. The highest BCUT2D eigenvalue weighted by atomic mass is 32.2. The second-order valence-electron chi connectivity index (χ2n) is 5.65. The number of fused-ring (bicyclic) bond motifs is 1. The molecular formula is C18H18N4O4S. The Labute approximate surface area is 156 Å². The Morgan fingerprint density at radius 3 is 2.70 bits per heavy atom. The summed E-state index contributed by atoms with van der Waals surface area (Å²) in [6.07, 6.45) is 0. The number of esters is 1. The van der Waals surface area contributed by atoms with E-state index in [0.717, 1.165) is 0 Å². The van der Waals surface area contributed by atoms with Crippen LogP contribution >= 0.6 is 0 Å². The molecule has 3 aromatic rings. The first-order chi connectivity index (χ1) is 12.9. The van der Waals surface area contributed by atoms with E-state index in [1.165, 1.54) is 24.3 Å². The first kappa shape index (κ1) is 18.7. The molecule has 0 saturated heterocycles. The molecule has 0 fully saturated rings. The summed E-state index contributed by atoms with van der Waals surface area (Å²) in [5.41, 5.74) is 6.67. The van der Waals surface area contributed by atoms with Crippen LogP contribution in [-0.2, 0) is 21.4 Å². The lowest BCUT2D eigenvalue weighted by Crippen LogP contribution is -2.23. The number of para-hydroxylation sites is 1. The Morgan fingerprint density at radius 1 is 1.15 bits per heavy atom. The highest BCUT2D eigenvalue weighted by molar-refractivity contribution is 7.89. The quantitative estimate of drug-likeness (QED) is 0.620. The lowest BCUT2D eigenvalue weighted by molar-refractivity contribution is 0.0462. The molecule has 2 aromatic carbocycles. The van der Waals surface area contributed by atoms with Crippen LogP contribution in [0.4, 0.5) is 5.82 Å². The summed E-state index contributed by atoms with van der Waals surface area (Å²) in [4.78, 5) is 20.7. The number of carbonyl (C=O) groups excluding carboxylic acids is 1. The number of nitrogens with two attached hydrogens (primary N) is 1. The highest BCUT2D eigenvalue weighted by Gasteiger charge is 2.16. The van der Waals surface area contributed by atoms with Gasteiger partial charge in [0.25, 0.3) is 0 Å². The molecule has 0 bridgehead atoms. The molecule has 0 radical (unpaired) electrons. The number of anilines is 1. The molecule has 0 saturated carbocycles. The molecule has 0 amide bonds. The predicted molar refractivity (Wildman–Crippen MR) is 100 cm³/mol. The van der Waals surface area contributed by atoms with E-state index in [9.17, 15) is 13.2 Å². The minimum Gasteiger partial charge on any atom is -0.454 e. The zero-order valence-corrected chi connectivity index (χ0v) is 15.4. The number of hydrogen-bond acceptors (Lipinski definition) is 7. The molecule has 1 heterocycles. The molecule has 140 valence electrons. The molecule has 0 aliphatic heterocycles. The summed E-state index contributed by atoms with van der Waals surface area (Å²) in [7, 11) is -3.66. The number of sulfonamides is 1. The van der Waals surface area contributed by atoms with Crippen molar-refractivity contribution in [2.75, 3.05) is 12.3 Å². The van der Waals surface area contributed by atoms with Gasteiger partial charge < -0.3 is 10.5 Å². The average Bonchev–Trinajstić information content (AvgIpc) is 2.66. The van der Waals surface area contributed by atoms with Gasteiger partial charge in [-0.05, 0) is 30.3 Å². The molecule has 1 aromatic heterocycles. The predicted octanol–water partition coefficient (Wildman–Crippen LogP) is 1.87. The largest absolute Gasteiger partial charge is 0.454 e. The topological polar surface area (TPSA) is 124 Å². The van der Waals surface area contributed by atoms with E-state index >= 15 is 0 Å². The van der Waals surface area contributed by atoms with Gasteiger partial charge in [-0.3, -0.25) is 0 Å². The number of rotatable bonds is 6. The average molecular weight is 386 g/mol. The lowest BCUT2D eigenvalue weighted by atomic mass is 10.2. The van der Waals surface area contributed by atoms with Crippen molar-refractivity contribution in [2.24, 2.45) is 0 Å². The summed E-state index contributed by atoms with van der Waals surface area (Å²) in [6, 6.07) is 12.9. The number of aromatic nitrogens is 2. The Hall–Kier alpha value is -3.04. The van der Waals surface area contributed by atoms with Crippen molar-refractivity contribution >= 4 is 32.7 Å². The second-order valence-corrected chi connectivity index (χ2v) is 7.41. The lowest BCUT2D eigenvalue weighted by Gasteiger charge is -2.08. The molecule has 3 N–H and O–H groups in total. The summed E-state index contributed by atoms with van der Waals surface area (Å²) in [5, 5.41) is 0.717. The van der Waals surface area contributed by atoms with Crippen LogP contribution in [0.25, 0.3) is 10.9 Å². The molecule has 3 rings (SSSR count). The van der Waals surface area contributed by atoms with E-state index < -0.39 is 16.0 Å². The number of ether oxygens (including phenoxy) is 1. The van der Waals surface area contributed by atoms with Crippen molar-refractivity contribution in [1.82, 2.24) is 14.7 Å². The molecular weight excluding hydrogens is 368 g/mol. The van der Waals surface area contributed by atoms with Crippen LogP contribution in [0.15, 0.2) is 53.4 Å². The maximum absolute atomic E-state index is 12.3. The van der Waals surface area contributed by atoms with Gasteiger partial charge in [0, 0.05) is 11.9 Å². The van der Waals surface area contributed by atoms with E-state index in [-0.39, 0.29) is 29.4 Å². The SMILES string of the molecule is CCNS(=O)(=O)c1cccc(C(=O)OCc2nc(N)c3ccccc3n2)c1. The maximum atomic E-state index is 12.3. The summed E-state index contributed by atoms with van der Waals surface area (Å²) in [6.45, 7) is 1.74. The van der Waals surface area contributed by atoms with E-state index in [0.29, 0.717) is 16.7 Å². The van der Waals surface area contributed by atoms with Crippen molar-refractivity contribution < 1.29 is 17.9 Å². The first-order valence-corrected chi connectivity index (χ1v) is 9.67. The molecule has 0 aliphatic rings. The van der Waals surface area contributed by atoms with Gasteiger partial charge in [0.2, 0.25) is 10.0 Å². The van der Waals surface area contributed by atoms with Crippen molar-refractivity contribution in [3.63, 3.8) is 0 Å². The Kier molecular flexibility index (Phi) is 5.33. The van der Waals surface area contributed by atoms with Crippen molar-refractivity contribution in [1.29, 1.82) is 0 Å². The third-order valence-corrected chi connectivity index (χ3v) is 5.27. The maximum Gasteiger partial charge on any atom is 0.338 e. The molecule has 27 heavy (non-hydrogen) atoms. The summed E-state index contributed by atoms with van der Waals surface area (Å²) < 4.78 is 31.7. The zero-order chi connectivity index (χ0) is 19.4. The Bertz CT molecular complexity index is 1100. The van der Waals surface area contributed by atoms with Crippen LogP contribution in [0.5, 0.6) is 0 Å². The van der Waals surface area contributed by atoms with Crippen molar-refractivity contribution in [3.8, 4) is 0 Å². The standard InChI is InChI=1S/C18H18N4O4S/c1-2-20-27(24,25)13-7-5-6-12(10-13)18(23)26-11-16-21-15-9-4-3-8-14(15)17(19)22-16/h3-10,20H,2,11H2,1H3,(H2,19,21,22). The number of nitrogen functional groups attached to an aromatic ring is 1. The van der Waals surface area contributed by atoms with Crippen LogP contribution in [0.2, 0.25) is 0 Å². The molecule has 0 aliphatic carbocycles. The van der Waals surface area contributed by atoms with Crippen LogP contribution in [0, 0.1) is 0 Å². The molecule has 8 nitrogen and oxygen atoms in total. The minimum absolute atomic E-state index is 0.00926. The van der Waals surface area contributed by atoms with Gasteiger partial charge in [0.15, 0.2) is 12.4 Å². The van der Waals surface area contributed by atoms with E-state index in [1.807, 2.05) is 12.1 Å². The third-order valence-electron chi connectivity index (χ3n) is 3.73. The van der Waals surface area contributed by atoms with Gasteiger partial charge >= 0.3 is 5.97 Å². The number of hydrogen-bond donors (Lipinski definition) is 2. The van der Waals surface area contributed by atoms with Crippen LogP contribution in [0.1, 0.15) is 23.1 Å². The summed E-state index contributed by atoms with van der Waals surface area (Å²) in [5.74, 6) is -0.125. The van der Waals surface area contributed by atoms with E-state index in [1.54, 1.807) is 19.1 Å². The number of nitrogens with zero attached hydrogens (tertiary/aromatic N) is 2. The highest BCUT2D eigenvalue weighted by Crippen LogP contribution is 2.18. The van der Waals surface area contributed by atoms with Crippen LogP contribution < -0.4 is 10.5 Å². The van der Waals surface area contributed by atoms with Gasteiger partial charge in [0.1, 0.15) is 5.82 Å². The normalized spacial score (nSPS) is 11.4.